The monoisotopic (exact) mass is 315 g/mol. The molecule has 0 amide bonds. The van der Waals surface area contributed by atoms with E-state index < -0.39 is 11.4 Å². The van der Waals surface area contributed by atoms with Gasteiger partial charge in [-0.25, -0.2) is 4.79 Å². The summed E-state index contributed by atoms with van der Waals surface area (Å²) in [6.45, 7) is 1.99. The van der Waals surface area contributed by atoms with Gasteiger partial charge in [-0.05, 0) is 31.0 Å². The van der Waals surface area contributed by atoms with Crippen LogP contribution in [0.2, 0.25) is 0 Å². The Labute approximate surface area is 132 Å². The third-order valence-corrected chi connectivity index (χ3v) is 4.19. The van der Waals surface area contributed by atoms with Gasteiger partial charge in [0.25, 0.3) is 0 Å². The van der Waals surface area contributed by atoms with Gasteiger partial charge in [0, 0.05) is 23.9 Å². The zero-order valence-electron chi connectivity index (χ0n) is 13.1. The summed E-state index contributed by atoms with van der Waals surface area (Å²) in [6, 6.07) is 5.15. The Morgan fingerprint density at radius 3 is 2.48 bits per heavy atom. The molecule has 1 aliphatic heterocycles. The van der Waals surface area contributed by atoms with E-state index in [4.69, 9.17) is 14.6 Å². The Hall–Kier alpha value is -2.76. The molecule has 6 nitrogen and oxygen atoms in total. The second-order valence-corrected chi connectivity index (χ2v) is 5.57. The number of benzene rings is 1. The van der Waals surface area contributed by atoms with Crippen LogP contribution in [0.25, 0.3) is 11.3 Å². The minimum absolute atomic E-state index is 0.0364. The molecule has 0 aliphatic carbocycles. The van der Waals surface area contributed by atoms with E-state index >= 15 is 0 Å². The highest BCUT2D eigenvalue weighted by Crippen LogP contribution is 2.40. The minimum Gasteiger partial charge on any atom is -0.493 e. The van der Waals surface area contributed by atoms with Gasteiger partial charge in [-0.3, -0.25) is 4.79 Å². The van der Waals surface area contributed by atoms with Crippen molar-refractivity contribution in [3.63, 3.8) is 0 Å². The molecule has 6 heteroatoms. The van der Waals surface area contributed by atoms with E-state index in [9.17, 15) is 9.59 Å². The maximum absolute atomic E-state index is 12.1. The molecule has 2 aromatic rings. The van der Waals surface area contributed by atoms with Gasteiger partial charge in [-0.2, -0.15) is 0 Å². The highest BCUT2D eigenvalue weighted by atomic mass is 16.5. The first-order valence-electron chi connectivity index (χ1n) is 7.21. The molecule has 0 saturated carbocycles. The number of carboxylic acid groups (broad SMARTS) is 1. The summed E-state index contributed by atoms with van der Waals surface area (Å²) >= 11 is 0. The minimum atomic E-state index is -1.21. The van der Waals surface area contributed by atoms with Crippen LogP contribution in [0.1, 0.15) is 28.9 Å². The number of hydrogen-bond donors (Lipinski definition) is 1. The van der Waals surface area contributed by atoms with Crippen molar-refractivity contribution < 1.29 is 19.4 Å². The number of fused-ring (bicyclic) bond motifs is 3. The Morgan fingerprint density at radius 2 is 1.87 bits per heavy atom. The number of carboxylic acids is 1. The van der Waals surface area contributed by atoms with Gasteiger partial charge in [-0.15, -0.1) is 0 Å². The molecule has 1 aromatic heterocycles. The lowest BCUT2D eigenvalue weighted by Crippen LogP contribution is -2.24. The van der Waals surface area contributed by atoms with Crippen molar-refractivity contribution in [1.29, 1.82) is 0 Å². The molecule has 0 spiro atoms. The second-order valence-electron chi connectivity index (χ2n) is 5.57. The largest absolute Gasteiger partial charge is 0.493 e. The van der Waals surface area contributed by atoms with E-state index in [1.165, 1.54) is 12.3 Å². The van der Waals surface area contributed by atoms with Gasteiger partial charge in [-0.1, -0.05) is 0 Å². The number of hydrogen-bond acceptors (Lipinski definition) is 4. The predicted octanol–water partition coefficient (Wildman–Crippen LogP) is 2.35. The number of aromatic carboxylic acids is 1. The lowest BCUT2D eigenvalue weighted by Gasteiger charge is -2.29. The molecule has 0 bridgehead atoms. The molecule has 1 N–H and O–H groups in total. The number of aromatic nitrogens is 1. The maximum Gasteiger partial charge on any atom is 0.341 e. The maximum atomic E-state index is 12.1. The molecular formula is C17H17NO5. The van der Waals surface area contributed by atoms with Gasteiger partial charge < -0.3 is 19.1 Å². The van der Waals surface area contributed by atoms with Gasteiger partial charge in [0.1, 0.15) is 5.56 Å². The normalized spacial score (nSPS) is 15.5. The molecule has 1 aliphatic rings. The van der Waals surface area contributed by atoms with E-state index in [2.05, 4.69) is 0 Å². The average Bonchev–Trinajstić information content (AvgIpc) is 2.53. The molecule has 0 radical (unpaired) electrons. The first-order chi connectivity index (χ1) is 11.0. The van der Waals surface area contributed by atoms with E-state index in [1.54, 1.807) is 14.2 Å². The van der Waals surface area contributed by atoms with Crippen LogP contribution in [0.15, 0.2) is 29.2 Å². The SMILES string of the molecule is COc1cc2c(cc1OC)-c1cc(=O)c(C(=O)O)cn1[C@@H](C)C2. The predicted molar refractivity (Wildman–Crippen MR) is 84.6 cm³/mol. The molecule has 2 heterocycles. The van der Waals surface area contributed by atoms with Gasteiger partial charge >= 0.3 is 5.97 Å². The third-order valence-electron chi connectivity index (χ3n) is 4.19. The topological polar surface area (TPSA) is 77.8 Å². The molecular weight excluding hydrogens is 298 g/mol. The van der Waals surface area contributed by atoms with Gasteiger partial charge in [0.15, 0.2) is 16.9 Å². The zero-order chi connectivity index (χ0) is 16.7. The van der Waals surface area contributed by atoms with Crippen LogP contribution in [-0.2, 0) is 6.42 Å². The summed E-state index contributed by atoms with van der Waals surface area (Å²) in [5.74, 6) is -0.00544. The summed E-state index contributed by atoms with van der Waals surface area (Å²) in [5, 5.41) is 9.15. The number of carbonyl (C=O) groups is 1. The summed E-state index contributed by atoms with van der Waals surface area (Å²) < 4.78 is 12.5. The highest BCUT2D eigenvalue weighted by Gasteiger charge is 2.25. The number of rotatable bonds is 3. The Balaban J connectivity index is 2.28. The van der Waals surface area contributed by atoms with Crippen molar-refractivity contribution in [2.75, 3.05) is 14.2 Å². The van der Waals surface area contributed by atoms with Crippen molar-refractivity contribution >= 4 is 5.97 Å². The quantitative estimate of drug-likeness (QED) is 0.940. The average molecular weight is 315 g/mol. The molecule has 120 valence electrons. The lowest BCUT2D eigenvalue weighted by atomic mass is 9.92. The van der Waals surface area contributed by atoms with Crippen LogP contribution in [0.3, 0.4) is 0 Å². The summed E-state index contributed by atoms with van der Waals surface area (Å²) in [5.41, 5.74) is 1.87. The Bertz CT molecular complexity index is 853. The first-order valence-corrected chi connectivity index (χ1v) is 7.21. The lowest BCUT2D eigenvalue weighted by molar-refractivity contribution is 0.0694. The van der Waals surface area contributed by atoms with Crippen molar-refractivity contribution in [2.45, 2.75) is 19.4 Å². The molecule has 0 saturated heterocycles. The summed E-state index contributed by atoms with van der Waals surface area (Å²) in [4.78, 5) is 23.3. The Morgan fingerprint density at radius 1 is 1.22 bits per heavy atom. The number of pyridine rings is 1. The van der Waals surface area contributed by atoms with E-state index in [0.29, 0.717) is 23.6 Å². The molecule has 0 fully saturated rings. The van der Waals surface area contributed by atoms with Crippen molar-refractivity contribution in [2.24, 2.45) is 0 Å². The van der Waals surface area contributed by atoms with Crippen LogP contribution in [0.5, 0.6) is 11.5 Å². The van der Waals surface area contributed by atoms with Crippen LogP contribution in [0, 0.1) is 0 Å². The number of methoxy groups -OCH3 is 2. The molecule has 3 rings (SSSR count). The van der Waals surface area contributed by atoms with E-state index in [0.717, 1.165) is 11.1 Å². The van der Waals surface area contributed by atoms with Crippen LogP contribution < -0.4 is 14.9 Å². The molecule has 0 unspecified atom stereocenters. The zero-order valence-corrected chi connectivity index (χ0v) is 13.1. The molecule has 1 atom stereocenters. The third kappa shape index (κ3) is 2.36. The first kappa shape index (κ1) is 15.1. The molecule has 1 aromatic carbocycles. The van der Waals surface area contributed by atoms with Crippen molar-refractivity contribution in [3.05, 3.63) is 45.7 Å². The fourth-order valence-electron chi connectivity index (χ4n) is 3.04. The number of ether oxygens (including phenoxy) is 2. The van der Waals surface area contributed by atoms with Gasteiger partial charge in [0.05, 0.1) is 19.9 Å². The second kappa shape index (κ2) is 5.46. The van der Waals surface area contributed by atoms with E-state index in [-0.39, 0.29) is 11.6 Å². The summed E-state index contributed by atoms with van der Waals surface area (Å²) in [7, 11) is 3.13. The Kier molecular flexibility index (Phi) is 3.60. The van der Waals surface area contributed by atoms with E-state index in [1.807, 2.05) is 23.6 Å². The van der Waals surface area contributed by atoms with Crippen molar-refractivity contribution in [1.82, 2.24) is 4.57 Å². The van der Waals surface area contributed by atoms with Crippen molar-refractivity contribution in [3.8, 4) is 22.8 Å². The fraction of sp³-hybridized carbons (Fsp3) is 0.294. The van der Waals surface area contributed by atoms with Crippen LogP contribution in [0.4, 0.5) is 0 Å². The number of nitrogens with zero attached hydrogens (tertiary/aromatic N) is 1. The van der Waals surface area contributed by atoms with Gasteiger partial charge in [0.2, 0.25) is 0 Å². The highest BCUT2D eigenvalue weighted by molar-refractivity contribution is 5.87. The fourth-order valence-corrected chi connectivity index (χ4v) is 3.04. The van der Waals surface area contributed by atoms with Crippen LogP contribution >= 0.6 is 0 Å². The smallest absolute Gasteiger partial charge is 0.341 e. The summed E-state index contributed by atoms with van der Waals surface area (Å²) in [6.07, 6.45) is 2.13. The van der Waals surface area contributed by atoms with Crippen LogP contribution in [-0.4, -0.2) is 29.9 Å². The molecule has 23 heavy (non-hydrogen) atoms. The standard InChI is InChI=1S/C17H17NO5/c1-9-4-10-5-15(22-2)16(23-3)6-11(10)13-7-14(19)12(17(20)21)8-18(9)13/h5-9H,4H2,1-3H3,(H,20,21)/t9-/m0/s1.